The van der Waals surface area contributed by atoms with Gasteiger partial charge in [0.05, 0.1) is 17.4 Å². The summed E-state index contributed by atoms with van der Waals surface area (Å²) >= 11 is 7.24. The highest BCUT2D eigenvalue weighted by Gasteiger charge is 2.09. The van der Waals surface area contributed by atoms with Gasteiger partial charge in [0.15, 0.2) is 0 Å². The Morgan fingerprint density at radius 3 is 2.80 bits per heavy atom. The van der Waals surface area contributed by atoms with Gasteiger partial charge in [0.1, 0.15) is 0 Å². The number of carbonyl (C=O) groups is 1. The first-order valence-corrected chi connectivity index (χ1v) is 7.11. The van der Waals surface area contributed by atoms with Crippen LogP contribution in [0.15, 0.2) is 47.4 Å². The van der Waals surface area contributed by atoms with Crippen LogP contribution in [0.3, 0.4) is 0 Å². The van der Waals surface area contributed by atoms with Crippen LogP contribution >= 0.6 is 23.4 Å². The molecule has 5 heteroatoms. The summed E-state index contributed by atoms with van der Waals surface area (Å²) in [6.07, 6.45) is 0. The molecular formula is C15H10ClNO2S. The smallest absolute Gasteiger partial charge is 0.313 e. The van der Waals surface area contributed by atoms with E-state index in [1.165, 1.54) is 11.8 Å². The van der Waals surface area contributed by atoms with Crippen LogP contribution in [0.5, 0.6) is 0 Å². The van der Waals surface area contributed by atoms with Crippen molar-refractivity contribution in [3.05, 3.63) is 53.1 Å². The van der Waals surface area contributed by atoms with E-state index in [9.17, 15) is 4.79 Å². The van der Waals surface area contributed by atoms with Crippen LogP contribution in [-0.2, 0) is 4.79 Å². The fraction of sp³-hybridized carbons (Fsp3) is 0.0667. The predicted octanol–water partition coefficient (Wildman–Crippen LogP) is 4.06. The van der Waals surface area contributed by atoms with Gasteiger partial charge in [0.2, 0.25) is 0 Å². The van der Waals surface area contributed by atoms with E-state index in [1.54, 1.807) is 36.4 Å². The van der Waals surface area contributed by atoms with Gasteiger partial charge in [-0.2, -0.15) is 5.26 Å². The molecule has 0 saturated carbocycles. The number of aliphatic carboxylic acids is 1. The van der Waals surface area contributed by atoms with Crippen LogP contribution in [0.1, 0.15) is 5.56 Å². The molecule has 0 bridgehead atoms. The number of halogens is 1. The van der Waals surface area contributed by atoms with Crippen molar-refractivity contribution < 1.29 is 9.90 Å². The lowest BCUT2D eigenvalue weighted by Gasteiger charge is -2.09. The lowest BCUT2D eigenvalue weighted by atomic mass is 10.0. The van der Waals surface area contributed by atoms with Crippen molar-refractivity contribution in [2.75, 3.05) is 5.75 Å². The molecule has 100 valence electrons. The van der Waals surface area contributed by atoms with Crippen molar-refractivity contribution >= 4 is 29.3 Å². The standard InChI is InChI=1S/C15H10ClNO2S/c16-12-4-5-14(20-9-15(18)19)13(7-12)11-3-1-2-10(6-11)8-17/h1-7H,9H2,(H,18,19). The first-order valence-electron chi connectivity index (χ1n) is 5.75. The highest BCUT2D eigenvalue weighted by Crippen LogP contribution is 2.34. The summed E-state index contributed by atoms with van der Waals surface area (Å²) in [7, 11) is 0. The van der Waals surface area contributed by atoms with E-state index in [4.69, 9.17) is 22.0 Å². The molecule has 0 aliphatic heterocycles. The molecule has 0 unspecified atom stereocenters. The molecule has 0 fully saturated rings. The van der Waals surface area contributed by atoms with E-state index in [2.05, 4.69) is 6.07 Å². The van der Waals surface area contributed by atoms with Crippen molar-refractivity contribution in [2.24, 2.45) is 0 Å². The predicted molar refractivity (Wildman–Crippen MR) is 80.0 cm³/mol. The fourth-order valence-electron chi connectivity index (χ4n) is 1.75. The molecule has 0 aliphatic carbocycles. The number of carboxylic acid groups (broad SMARTS) is 1. The van der Waals surface area contributed by atoms with Gasteiger partial charge in [-0.25, -0.2) is 0 Å². The Morgan fingerprint density at radius 1 is 1.30 bits per heavy atom. The summed E-state index contributed by atoms with van der Waals surface area (Å²) < 4.78 is 0. The Kier molecular flexibility index (Phi) is 4.67. The lowest BCUT2D eigenvalue weighted by Crippen LogP contribution is -1.98. The number of rotatable bonds is 4. The van der Waals surface area contributed by atoms with E-state index in [-0.39, 0.29) is 5.75 Å². The van der Waals surface area contributed by atoms with Gasteiger partial charge in [0.25, 0.3) is 0 Å². The number of hydrogen-bond donors (Lipinski definition) is 1. The third-order valence-corrected chi connectivity index (χ3v) is 3.89. The number of hydrogen-bond acceptors (Lipinski definition) is 3. The second kappa shape index (κ2) is 6.47. The first-order chi connectivity index (χ1) is 9.60. The Labute approximate surface area is 125 Å². The number of nitrogens with zero attached hydrogens (tertiary/aromatic N) is 1. The van der Waals surface area contributed by atoms with Crippen LogP contribution in [0.2, 0.25) is 5.02 Å². The summed E-state index contributed by atoms with van der Waals surface area (Å²) in [5.41, 5.74) is 2.23. The minimum absolute atomic E-state index is 0.0213. The van der Waals surface area contributed by atoms with Gasteiger partial charge in [-0.1, -0.05) is 23.7 Å². The maximum atomic E-state index is 10.7. The molecule has 3 nitrogen and oxygen atoms in total. The third-order valence-electron chi connectivity index (χ3n) is 2.60. The van der Waals surface area contributed by atoms with E-state index >= 15 is 0 Å². The zero-order valence-corrected chi connectivity index (χ0v) is 11.9. The van der Waals surface area contributed by atoms with Crippen molar-refractivity contribution in [3.8, 4) is 17.2 Å². The number of carboxylic acids is 1. The molecule has 2 aromatic rings. The second-order valence-electron chi connectivity index (χ2n) is 4.02. The molecule has 0 atom stereocenters. The second-order valence-corrected chi connectivity index (χ2v) is 5.47. The van der Waals surface area contributed by atoms with E-state index in [0.29, 0.717) is 10.6 Å². The third kappa shape index (κ3) is 3.53. The van der Waals surface area contributed by atoms with Crippen molar-refractivity contribution in [1.29, 1.82) is 5.26 Å². The lowest BCUT2D eigenvalue weighted by molar-refractivity contribution is -0.133. The largest absolute Gasteiger partial charge is 0.481 e. The summed E-state index contributed by atoms with van der Waals surface area (Å²) in [6.45, 7) is 0. The Hall–Kier alpha value is -1.96. The summed E-state index contributed by atoms with van der Waals surface area (Å²) in [5, 5.41) is 18.3. The molecule has 0 saturated heterocycles. The highest BCUT2D eigenvalue weighted by atomic mass is 35.5. The molecule has 20 heavy (non-hydrogen) atoms. The fourth-order valence-corrected chi connectivity index (χ4v) is 2.70. The molecule has 0 aliphatic rings. The van der Waals surface area contributed by atoms with Gasteiger partial charge >= 0.3 is 5.97 Å². The summed E-state index contributed by atoms with van der Waals surface area (Å²) in [5.74, 6) is -0.895. The van der Waals surface area contributed by atoms with Crippen molar-refractivity contribution in [2.45, 2.75) is 4.90 Å². The van der Waals surface area contributed by atoms with Gasteiger partial charge in [-0.15, -0.1) is 11.8 Å². The molecule has 2 rings (SSSR count). The molecule has 0 amide bonds. The SMILES string of the molecule is N#Cc1cccc(-c2cc(Cl)ccc2SCC(=O)O)c1. The molecule has 1 N–H and O–H groups in total. The highest BCUT2D eigenvalue weighted by molar-refractivity contribution is 8.00. The Morgan fingerprint density at radius 2 is 2.10 bits per heavy atom. The normalized spacial score (nSPS) is 10.0. The maximum absolute atomic E-state index is 10.7. The monoisotopic (exact) mass is 303 g/mol. The molecule has 0 radical (unpaired) electrons. The summed E-state index contributed by atoms with van der Waals surface area (Å²) in [6, 6.07) is 14.5. The number of thioether (sulfide) groups is 1. The Bertz CT molecular complexity index is 695. The minimum atomic E-state index is -0.873. The zero-order valence-electron chi connectivity index (χ0n) is 10.3. The Balaban J connectivity index is 2.45. The van der Waals surface area contributed by atoms with Gasteiger partial charge in [-0.3, -0.25) is 4.79 Å². The molecular weight excluding hydrogens is 294 g/mol. The molecule has 0 aromatic heterocycles. The summed E-state index contributed by atoms with van der Waals surface area (Å²) in [4.78, 5) is 11.5. The average Bonchev–Trinajstić information content (AvgIpc) is 2.46. The molecule has 0 spiro atoms. The van der Waals surface area contributed by atoms with E-state index in [1.807, 2.05) is 6.07 Å². The average molecular weight is 304 g/mol. The van der Waals surface area contributed by atoms with Crippen LogP contribution in [0, 0.1) is 11.3 Å². The minimum Gasteiger partial charge on any atom is -0.481 e. The van der Waals surface area contributed by atoms with Crippen LogP contribution in [-0.4, -0.2) is 16.8 Å². The van der Waals surface area contributed by atoms with E-state index < -0.39 is 5.97 Å². The number of benzene rings is 2. The molecule has 2 aromatic carbocycles. The topological polar surface area (TPSA) is 61.1 Å². The van der Waals surface area contributed by atoms with E-state index in [0.717, 1.165) is 16.0 Å². The van der Waals surface area contributed by atoms with Crippen molar-refractivity contribution in [1.82, 2.24) is 0 Å². The first kappa shape index (κ1) is 14.4. The quantitative estimate of drug-likeness (QED) is 0.865. The van der Waals surface area contributed by atoms with Crippen molar-refractivity contribution in [3.63, 3.8) is 0 Å². The number of nitriles is 1. The van der Waals surface area contributed by atoms with Gasteiger partial charge < -0.3 is 5.11 Å². The maximum Gasteiger partial charge on any atom is 0.313 e. The van der Waals surface area contributed by atoms with Crippen LogP contribution < -0.4 is 0 Å². The van der Waals surface area contributed by atoms with Gasteiger partial charge in [0, 0.05) is 9.92 Å². The van der Waals surface area contributed by atoms with Crippen LogP contribution in [0.4, 0.5) is 0 Å². The molecule has 0 heterocycles. The van der Waals surface area contributed by atoms with Gasteiger partial charge in [-0.05, 0) is 41.5 Å². The zero-order chi connectivity index (χ0) is 14.5. The van der Waals surface area contributed by atoms with Crippen LogP contribution in [0.25, 0.3) is 11.1 Å².